The van der Waals surface area contributed by atoms with E-state index < -0.39 is 5.97 Å². The number of para-hydroxylation sites is 2. The number of carbonyl (C=O) groups excluding carboxylic acids is 1. The van der Waals surface area contributed by atoms with E-state index in [9.17, 15) is 9.59 Å². The molecular weight excluding hydrogens is 268 g/mol. The van der Waals surface area contributed by atoms with E-state index in [1.54, 1.807) is 0 Å². The highest BCUT2D eigenvalue weighted by atomic mass is 16.4. The summed E-state index contributed by atoms with van der Waals surface area (Å²) >= 11 is 0. The summed E-state index contributed by atoms with van der Waals surface area (Å²) in [5.74, 6) is -0.326. The standard InChI is InChI=1S/C16H22N2O3/c1-18(15-5-3-2-4-14(15)17-11-19)10-12-6-8-13(9-7-12)16(20)21/h2-5,11-13H,6-10H2,1H3,(H,17,19)(H,20,21). The maximum absolute atomic E-state index is 11.0. The number of benzene rings is 1. The molecule has 1 fully saturated rings. The Morgan fingerprint density at radius 3 is 2.62 bits per heavy atom. The van der Waals surface area contributed by atoms with Gasteiger partial charge in [0.05, 0.1) is 17.3 Å². The average molecular weight is 290 g/mol. The fraction of sp³-hybridized carbons (Fsp3) is 0.500. The van der Waals surface area contributed by atoms with Crippen LogP contribution in [0.15, 0.2) is 24.3 Å². The van der Waals surface area contributed by atoms with Crippen LogP contribution < -0.4 is 10.2 Å². The molecule has 0 aliphatic heterocycles. The first-order valence-corrected chi connectivity index (χ1v) is 7.35. The second-order valence-electron chi connectivity index (χ2n) is 5.72. The molecule has 0 spiro atoms. The number of anilines is 2. The molecule has 1 aliphatic carbocycles. The number of carboxylic acids is 1. The van der Waals surface area contributed by atoms with Crippen molar-refractivity contribution in [1.29, 1.82) is 0 Å². The third-order valence-electron chi connectivity index (χ3n) is 4.26. The zero-order chi connectivity index (χ0) is 15.2. The first-order chi connectivity index (χ1) is 10.1. The topological polar surface area (TPSA) is 69.6 Å². The summed E-state index contributed by atoms with van der Waals surface area (Å²) in [6, 6.07) is 7.70. The molecule has 0 radical (unpaired) electrons. The highest BCUT2D eigenvalue weighted by Gasteiger charge is 2.26. The second kappa shape index (κ2) is 7.11. The Balaban J connectivity index is 1.95. The van der Waals surface area contributed by atoms with Gasteiger partial charge in [0.25, 0.3) is 0 Å². The smallest absolute Gasteiger partial charge is 0.306 e. The minimum absolute atomic E-state index is 0.171. The molecule has 0 bridgehead atoms. The van der Waals surface area contributed by atoms with Crippen molar-refractivity contribution in [1.82, 2.24) is 0 Å². The highest BCUT2D eigenvalue weighted by Crippen LogP contribution is 2.31. The van der Waals surface area contributed by atoms with Crippen LogP contribution in [0.5, 0.6) is 0 Å². The van der Waals surface area contributed by atoms with Crippen molar-refractivity contribution >= 4 is 23.8 Å². The van der Waals surface area contributed by atoms with Gasteiger partial charge in [0.1, 0.15) is 0 Å². The number of carbonyl (C=O) groups is 2. The molecule has 0 aromatic heterocycles. The second-order valence-corrected chi connectivity index (χ2v) is 5.72. The number of rotatable bonds is 6. The minimum atomic E-state index is -0.665. The number of hydrogen-bond donors (Lipinski definition) is 2. The van der Waals surface area contributed by atoms with E-state index in [-0.39, 0.29) is 5.92 Å². The van der Waals surface area contributed by atoms with Crippen molar-refractivity contribution in [3.05, 3.63) is 24.3 Å². The van der Waals surface area contributed by atoms with E-state index in [4.69, 9.17) is 5.11 Å². The Bertz CT molecular complexity index is 496. The fourth-order valence-corrected chi connectivity index (χ4v) is 3.07. The van der Waals surface area contributed by atoms with Crippen molar-refractivity contribution in [2.45, 2.75) is 25.7 Å². The SMILES string of the molecule is CN(CC1CCC(C(=O)O)CC1)c1ccccc1NC=O. The third kappa shape index (κ3) is 3.97. The van der Waals surface area contributed by atoms with E-state index in [2.05, 4.69) is 10.2 Å². The lowest BCUT2D eigenvalue weighted by molar-refractivity contribution is -0.143. The van der Waals surface area contributed by atoms with Gasteiger partial charge in [-0.25, -0.2) is 0 Å². The predicted molar refractivity (Wildman–Crippen MR) is 82.5 cm³/mol. The summed E-state index contributed by atoms with van der Waals surface area (Å²) in [7, 11) is 2.01. The Hall–Kier alpha value is -2.04. The molecule has 2 rings (SSSR count). The van der Waals surface area contributed by atoms with Crippen molar-refractivity contribution in [2.75, 3.05) is 23.8 Å². The maximum atomic E-state index is 11.0. The normalized spacial score (nSPS) is 21.6. The van der Waals surface area contributed by atoms with Gasteiger partial charge in [0.2, 0.25) is 6.41 Å². The van der Waals surface area contributed by atoms with E-state index in [0.29, 0.717) is 12.3 Å². The van der Waals surface area contributed by atoms with Gasteiger partial charge in [-0.15, -0.1) is 0 Å². The van der Waals surface area contributed by atoms with Gasteiger partial charge in [-0.3, -0.25) is 9.59 Å². The Morgan fingerprint density at radius 1 is 1.33 bits per heavy atom. The number of amides is 1. The third-order valence-corrected chi connectivity index (χ3v) is 4.26. The summed E-state index contributed by atoms with van der Waals surface area (Å²) in [6.45, 7) is 0.879. The number of nitrogens with one attached hydrogen (secondary N) is 1. The average Bonchev–Trinajstić information content (AvgIpc) is 2.48. The molecule has 0 atom stereocenters. The van der Waals surface area contributed by atoms with E-state index in [0.717, 1.165) is 43.6 Å². The predicted octanol–water partition coefficient (Wildman–Crippen LogP) is 2.58. The monoisotopic (exact) mass is 290 g/mol. The zero-order valence-electron chi connectivity index (χ0n) is 12.3. The van der Waals surface area contributed by atoms with Gasteiger partial charge in [-0.05, 0) is 43.7 Å². The van der Waals surface area contributed by atoms with Crippen molar-refractivity contribution in [3.8, 4) is 0 Å². The summed E-state index contributed by atoms with van der Waals surface area (Å²) in [4.78, 5) is 23.8. The Labute approximate surface area is 125 Å². The molecule has 0 heterocycles. The number of nitrogens with zero attached hydrogens (tertiary/aromatic N) is 1. The largest absolute Gasteiger partial charge is 0.481 e. The van der Waals surface area contributed by atoms with E-state index >= 15 is 0 Å². The highest BCUT2D eigenvalue weighted by molar-refractivity contribution is 5.81. The van der Waals surface area contributed by atoms with Crippen LogP contribution in [0, 0.1) is 11.8 Å². The molecule has 21 heavy (non-hydrogen) atoms. The van der Waals surface area contributed by atoms with Crippen LogP contribution in [-0.4, -0.2) is 31.1 Å². The molecule has 5 heteroatoms. The first kappa shape index (κ1) is 15.4. The van der Waals surface area contributed by atoms with Crippen LogP contribution in [0.1, 0.15) is 25.7 Å². The van der Waals surface area contributed by atoms with Crippen LogP contribution in [0.4, 0.5) is 11.4 Å². The molecule has 1 aliphatic rings. The van der Waals surface area contributed by atoms with Crippen LogP contribution in [0.3, 0.4) is 0 Å². The van der Waals surface area contributed by atoms with E-state index in [1.165, 1.54) is 0 Å². The molecule has 5 nitrogen and oxygen atoms in total. The molecular formula is C16H22N2O3. The molecule has 1 saturated carbocycles. The maximum Gasteiger partial charge on any atom is 0.306 e. The number of carboxylic acid groups (broad SMARTS) is 1. The molecule has 2 N–H and O–H groups in total. The van der Waals surface area contributed by atoms with E-state index in [1.807, 2.05) is 31.3 Å². The zero-order valence-corrected chi connectivity index (χ0v) is 12.3. The summed E-state index contributed by atoms with van der Waals surface area (Å²) in [5, 5.41) is 11.7. The molecule has 0 saturated heterocycles. The lowest BCUT2D eigenvalue weighted by atomic mass is 9.82. The molecule has 1 amide bonds. The fourth-order valence-electron chi connectivity index (χ4n) is 3.07. The number of hydrogen-bond acceptors (Lipinski definition) is 3. The van der Waals surface area contributed by atoms with Crippen LogP contribution in [0.2, 0.25) is 0 Å². The Kier molecular flexibility index (Phi) is 5.20. The summed E-state index contributed by atoms with van der Waals surface area (Å²) < 4.78 is 0. The van der Waals surface area contributed by atoms with Crippen LogP contribution >= 0.6 is 0 Å². The van der Waals surface area contributed by atoms with Gasteiger partial charge in [0.15, 0.2) is 0 Å². The quantitative estimate of drug-likeness (QED) is 0.790. The Morgan fingerprint density at radius 2 is 2.00 bits per heavy atom. The van der Waals surface area contributed by atoms with Crippen LogP contribution in [-0.2, 0) is 9.59 Å². The van der Waals surface area contributed by atoms with Gasteiger partial charge in [-0.1, -0.05) is 12.1 Å². The summed E-state index contributed by atoms with van der Waals surface area (Å²) in [5.41, 5.74) is 1.79. The van der Waals surface area contributed by atoms with Gasteiger partial charge >= 0.3 is 5.97 Å². The number of aliphatic carboxylic acids is 1. The lowest BCUT2D eigenvalue weighted by Crippen LogP contribution is -2.30. The molecule has 1 aromatic rings. The minimum Gasteiger partial charge on any atom is -0.481 e. The first-order valence-electron chi connectivity index (χ1n) is 7.35. The lowest BCUT2D eigenvalue weighted by Gasteiger charge is -2.31. The molecule has 114 valence electrons. The van der Waals surface area contributed by atoms with Gasteiger partial charge < -0.3 is 15.3 Å². The molecule has 1 aromatic carbocycles. The van der Waals surface area contributed by atoms with Crippen LogP contribution in [0.25, 0.3) is 0 Å². The van der Waals surface area contributed by atoms with Crippen molar-refractivity contribution in [2.24, 2.45) is 11.8 Å². The molecule has 0 unspecified atom stereocenters. The van der Waals surface area contributed by atoms with Crippen molar-refractivity contribution < 1.29 is 14.7 Å². The van der Waals surface area contributed by atoms with Gasteiger partial charge in [-0.2, -0.15) is 0 Å². The van der Waals surface area contributed by atoms with Crippen molar-refractivity contribution in [3.63, 3.8) is 0 Å². The van der Waals surface area contributed by atoms with Gasteiger partial charge in [0, 0.05) is 13.6 Å². The summed E-state index contributed by atoms with van der Waals surface area (Å²) in [6.07, 6.45) is 4.12.